The van der Waals surface area contributed by atoms with Crippen LogP contribution in [-0.2, 0) is 11.2 Å². The van der Waals surface area contributed by atoms with Crippen LogP contribution in [0.15, 0.2) is 48.5 Å². The molecule has 0 unspecified atom stereocenters. The number of ether oxygens (including phenoxy) is 1. The van der Waals surface area contributed by atoms with Gasteiger partial charge in [0.25, 0.3) is 5.91 Å². The molecule has 3 rings (SSSR count). The van der Waals surface area contributed by atoms with Crippen molar-refractivity contribution >= 4 is 17.3 Å². The lowest BCUT2D eigenvalue weighted by molar-refractivity contribution is -0.118. The number of carbonyl (C=O) groups excluding carboxylic acids is 1. The normalized spacial score (nSPS) is 13.0. The third-order valence-electron chi connectivity index (χ3n) is 3.45. The Labute approximate surface area is 124 Å². The van der Waals surface area contributed by atoms with Gasteiger partial charge in [-0.15, -0.1) is 0 Å². The van der Waals surface area contributed by atoms with E-state index < -0.39 is 0 Å². The second-order valence-electron chi connectivity index (χ2n) is 5.05. The molecule has 1 aliphatic heterocycles. The average Bonchev–Trinajstić information content (AvgIpc) is 2.54. The molecule has 0 spiro atoms. The highest BCUT2D eigenvalue weighted by atomic mass is 16.5. The van der Waals surface area contributed by atoms with Gasteiger partial charge in [-0.1, -0.05) is 24.3 Å². The molecule has 4 heteroatoms. The van der Waals surface area contributed by atoms with Crippen LogP contribution in [0, 0.1) is 0 Å². The van der Waals surface area contributed by atoms with E-state index in [2.05, 4.69) is 16.7 Å². The van der Waals surface area contributed by atoms with Crippen LogP contribution >= 0.6 is 0 Å². The Morgan fingerprint density at radius 2 is 2.05 bits per heavy atom. The van der Waals surface area contributed by atoms with Crippen LogP contribution in [0.1, 0.15) is 12.0 Å². The number of benzene rings is 2. The summed E-state index contributed by atoms with van der Waals surface area (Å²) in [7, 11) is 0. The predicted molar refractivity (Wildman–Crippen MR) is 83.8 cm³/mol. The third kappa shape index (κ3) is 3.54. The van der Waals surface area contributed by atoms with E-state index in [1.165, 1.54) is 5.56 Å². The van der Waals surface area contributed by atoms with Gasteiger partial charge < -0.3 is 15.4 Å². The zero-order chi connectivity index (χ0) is 14.5. The van der Waals surface area contributed by atoms with E-state index in [0.717, 1.165) is 30.8 Å². The Hall–Kier alpha value is -2.49. The largest absolute Gasteiger partial charge is 0.484 e. The van der Waals surface area contributed by atoms with Crippen molar-refractivity contribution in [2.75, 3.05) is 23.8 Å². The molecule has 2 aromatic rings. The number of amides is 1. The van der Waals surface area contributed by atoms with Crippen LogP contribution in [0.5, 0.6) is 5.75 Å². The molecule has 1 aliphatic rings. The molecule has 0 aromatic heterocycles. The van der Waals surface area contributed by atoms with E-state index in [4.69, 9.17) is 4.74 Å². The van der Waals surface area contributed by atoms with Crippen molar-refractivity contribution in [2.45, 2.75) is 12.8 Å². The lowest BCUT2D eigenvalue weighted by Gasteiger charge is -2.18. The standard InChI is InChI=1S/C17H18N2O2/c20-17(12-21-15-6-2-1-3-7-15)19-14-9-8-13-5-4-10-18-16(13)11-14/h1-3,6-9,11,18H,4-5,10,12H2,(H,19,20). The lowest BCUT2D eigenvalue weighted by Crippen LogP contribution is -2.20. The Bertz CT molecular complexity index is 626. The summed E-state index contributed by atoms with van der Waals surface area (Å²) in [6, 6.07) is 15.3. The predicted octanol–water partition coefficient (Wildman–Crippen LogP) is 3.06. The number of fused-ring (bicyclic) bond motifs is 1. The van der Waals surface area contributed by atoms with Gasteiger partial charge in [-0.05, 0) is 42.7 Å². The van der Waals surface area contributed by atoms with Crippen LogP contribution in [0.25, 0.3) is 0 Å². The van der Waals surface area contributed by atoms with Crippen LogP contribution in [0.4, 0.5) is 11.4 Å². The first-order valence-corrected chi connectivity index (χ1v) is 7.16. The Balaban J connectivity index is 1.57. The number of para-hydroxylation sites is 1. The van der Waals surface area contributed by atoms with Crippen molar-refractivity contribution in [2.24, 2.45) is 0 Å². The first-order valence-electron chi connectivity index (χ1n) is 7.16. The molecule has 0 aliphatic carbocycles. The molecular weight excluding hydrogens is 264 g/mol. The summed E-state index contributed by atoms with van der Waals surface area (Å²) in [6.45, 7) is 0.996. The highest BCUT2D eigenvalue weighted by Gasteiger charge is 2.10. The van der Waals surface area contributed by atoms with Gasteiger partial charge in [0.2, 0.25) is 0 Å². The van der Waals surface area contributed by atoms with Crippen molar-refractivity contribution in [1.82, 2.24) is 0 Å². The van der Waals surface area contributed by atoms with Crippen molar-refractivity contribution < 1.29 is 9.53 Å². The second kappa shape index (κ2) is 6.31. The molecule has 0 bridgehead atoms. The summed E-state index contributed by atoms with van der Waals surface area (Å²) in [6.07, 6.45) is 2.25. The summed E-state index contributed by atoms with van der Waals surface area (Å²) in [5.74, 6) is 0.536. The second-order valence-corrected chi connectivity index (χ2v) is 5.05. The van der Waals surface area contributed by atoms with Gasteiger partial charge >= 0.3 is 0 Å². The fourth-order valence-electron chi connectivity index (χ4n) is 2.40. The first-order chi connectivity index (χ1) is 10.3. The number of nitrogens with one attached hydrogen (secondary N) is 2. The highest BCUT2D eigenvalue weighted by molar-refractivity contribution is 5.92. The molecule has 0 saturated heterocycles. The van der Waals surface area contributed by atoms with Gasteiger partial charge in [0.1, 0.15) is 5.75 Å². The molecule has 0 atom stereocenters. The molecule has 0 saturated carbocycles. The molecule has 2 N–H and O–H groups in total. The number of aryl methyl sites for hydroxylation is 1. The maximum absolute atomic E-state index is 11.9. The third-order valence-corrected chi connectivity index (χ3v) is 3.45. The van der Waals surface area contributed by atoms with E-state index >= 15 is 0 Å². The smallest absolute Gasteiger partial charge is 0.262 e. The molecule has 4 nitrogen and oxygen atoms in total. The quantitative estimate of drug-likeness (QED) is 0.906. The number of rotatable bonds is 4. The van der Waals surface area contributed by atoms with Crippen molar-refractivity contribution in [1.29, 1.82) is 0 Å². The fraction of sp³-hybridized carbons (Fsp3) is 0.235. The van der Waals surface area contributed by atoms with Crippen LogP contribution in [-0.4, -0.2) is 19.1 Å². The minimum Gasteiger partial charge on any atom is -0.484 e. The van der Waals surface area contributed by atoms with E-state index in [0.29, 0.717) is 5.75 Å². The van der Waals surface area contributed by atoms with E-state index in [1.54, 1.807) is 0 Å². The van der Waals surface area contributed by atoms with Crippen molar-refractivity contribution in [3.63, 3.8) is 0 Å². The lowest BCUT2D eigenvalue weighted by atomic mass is 10.0. The number of carbonyl (C=O) groups is 1. The van der Waals surface area contributed by atoms with E-state index in [-0.39, 0.29) is 12.5 Å². The molecule has 1 amide bonds. The first kappa shape index (κ1) is 13.5. The SMILES string of the molecule is O=C(COc1ccccc1)Nc1ccc2c(c1)NCCC2. The molecule has 2 aromatic carbocycles. The van der Waals surface area contributed by atoms with Gasteiger partial charge in [-0.2, -0.15) is 0 Å². The zero-order valence-corrected chi connectivity index (χ0v) is 11.8. The fourth-order valence-corrected chi connectivity index (χ4v) is 2.40. The Kier molecular flexibility index (Phi) is 4.05. The topological polar surface area (TPSA) is 50.4 Å². The van der Waals surface area contributed by atoms with Crippen molar-refractivity contribution in [3.8, 4) is 5.75 Å². The monoisotopic (exact) mass is 282 g/mol. The zero-order valence-electron chi connectivity index (χ0n) is 11.8. The maximum Gasteiger partial charge on any atom is 0.262 e. The summed E-state index contributed by atoms with van der Waals surface area (Å²) in [4.78, 5) is 11.9. The van der Waals surface area contributed by atoms with Gasteiger partial charge in [-0.3, -0.25) is 4.79 Å². The Morgan fingerprint density at radius 1 is 1.19 bits per heavy atom. The highest BCUT2D eigenvalue weighted by Crippen LogP contribution is 2.25. The summed E-state index contributed by atoms with van der Waals surface area (Å²) < 4.78 is 5.42. The molecule has 21 heavy (non-hydrogen) atoms. The van der Waals surface area contributed by atoms with E-state index in [1.807, 2.05) is 42.5 Å². The molecule has 1 heterocycles. The Morgan fingerprint density at radius 3 is 2.90 bits per heavy atom. The maximum atomic E-state index is 11.9. The minimum atomic E-state index is -0.158. The van der Waals surface area contributed by atoms with Crippen LogP contribution in [0.2, 0.25) is 0 Å². The number of hydrogen-bond donors (Lipinski definition) is 2. The summed E-state index contributed by atoms with van der Waals surface area (Å²) in [5, 5.41) is 6.21. The molecule has 0 fully saturated rings. The van der Waals surface area contributed by atoms with Gasteiger partial charge in [0.05, 0.1) is 0 Å². The van der Waals surface area contributed by atoms with Crippen molar-refractivity contribution in [3.05, 3.63) is 54.1 Å². The number of anilines is 2. The average molecular weight is 282 g/mol. The van der Waals surface area contributed by atoms with Gasteiger partial charge in [-0.25, -0.2) is 0 Å². The summed E-state index contributed by atoms with van der Waals surface area (Å²) >= 11 is 0. The molecular formula is C17H18N2O2. The molecule has 108 valence electrons. The van der Waals surface area contributed by atoms with Gasteiger partial charge in [0, 0.05) is 17.9 Å². The van der Waals surface area contributed by atoms with Crippen LogP contribution < -0.4 is 15.4 Å². The minimum absolute atomic E-state index is 0.00846. The van der Waals surface area contributed by atoms with Gasteiger partial charge in [0.15, 0.2) is 6.61 Å². The number of hydrogen-bond acceptors (Lipinski definition) is 3. The van der Waals surface area contributed by atoms with Crippen LogP contribution in [0.3, 0.4) is 0 Å². The molecule has 0 radical (unpaired) electrons. The van der Waals surface area contributed by atoms with E-state index in [9.17, 15) is 4.79 Å². The summed E-state index contributed by atoms with van der Waals surface area (Å²) in [5.41, 5.74) is 3.22.